The Labute approximate surface area is 102 Å². The number of hydrogen-bond acceptors (Lipinski definition) is 4. The molecule has 0 atom stereocenters. The molecule has 0 spiro atoms. The van der Waals surface area contributed by atoms with Crippen molar-refractivity contribution in [1.82, 2.24) is 0 Å². The second-order valence-electron chi connectivity index (χ2n) is 2.99. The molecule has 17 heavy (non-hydrogen) atoms. The minimum Gasteiger partial charge on any atom is -0.495 e. The summed E-state index contributed by atoms with van der Waals surface area (Å²) >= 11 is 5.62. The molecular formula is C11H10ClFO4. The highest BCUT2D eigenvalue weighted by molar-refractivity contribution is 6.41. The van der Waals surface area contributed by atoms with Gasteiger partial charge in [0.25, 0.3) is 5.78 Å². The highest BCUT2D eigenvalue weighted by Gasteiger charge is 2.24. The Morgan fingerprint density at radius 2 is 2.06 bits per heavy atom. The molecule has 0 aliphatic heterocycles. The predicted molar refractivity (Wildman–Crippen MR) is 58.9 cm³/mol. The van der Waals surface area contributed by atoms with E-state index in [1.165, 1.54) is 13.2 Å². The Balaban J connectivity index is 3.12. The molecule has 4 nitrogen and oxygen atoms in total. The topological polar surface area (TPSA) is 52.6 Å². The van der Waals surface area contributed by atoms with Gasteiger partial charge < -0.3 is 9.47 Å². The van der Waals surface area contributed by atoms with Gasteiger partial charge in [0.2, 0.25) is 0 Å². The molecule has 0 unspecified atom stereocenters. The van der Waals surface area contributed by atoms with Gasteiger partial charge in [-0.2, -0.15) is 0 Å². The van der Waals surface area contributed by atoms with Crippen LogP contribution in [0.2, 0.25) is 5.02 Å². The first-order valence-corrected chi connectivity index (χ1v) is 5.14. The zero-order chi connectivity index (χ0) is 13.0. The number of ether oxygens (including phenoxy) is 2. The van der Waals surface area contributed by atoms with Crippen LogP contribution in [0.15, 0.2) is 12.1 Å². The minimum atomic E-state index is -1.12. The fourth-order valence-corrected chi connectivity index (χ4v) is 1.41. The highest BCUT2D eigenvalue weighted by atomic mass is 35.5. The normalized spacial score (nSPS) is 9.88. The van der Waals surface area contributed by atoms with E-state index in [0.29, 0.717) is 0 Å². The van der Waals surface area contributed by atoms with Crippen LogP contribution in [-0.4, -0.2) is 25.5 Å². The van der Waals surface area contributed by atoms with Crippen LogP contribution < -0.4 is 4.74 Å². The number of hydrogen-bond donors (Lipinski definition) is 0. The molecule has 0 saturated heterocycles. The van der Waals surface area contributed by atoms with E-state index in [0.717, 1.165) is 6.07 Å². The fraction of sp³-hybridized carbons (Fsp3) is 0.273. The molecule has 92 valence electrons. The van der Waals surface area contributed by atoms with Crippen molar-refractivity contribution in [2.75, 3.05) is 13.7 Å². The molecular weight excluding hydrogens is 251 g/mol. The molecule has 0 amide bonds. The zero-order valence-corrected chi connectivity index (χ0v) is 10.0. The summed E-state index contributed by atoms with van der Waals surface area (Å²) in [4.78, 5) is 22.6. The summed E-state index contributed by atoms with van der Waals surface area (Å²) < 4.78 is 22.9. The summed E-state index contributed by atoms with van der Waals surface area (Å²) in [6.45, 7) is 1.58. The SMILES string of the molecule is CCOC(=O)C(=O)c1ccc(OC)c(Cl)c1F. The van der Waals surface area contributed by atoms with Gasteiger partial charge in [-0.05, 0) is 19.1 Å². The van der Waals surface area contributed by atoms with Crippen LogP contribution in [0, 0.1) is 5.82 Å². The third-order valence-corrected chi connectivity index (χ3v) is 2.32. The fourth-order valence-electron chi connectivity index (χ4n) is 1.17. The molecule has 0 heterocycles. The van der Waals surface area contributed by atoms with E-state index in [2.05, 4.69) is 4.74 Å². The lowest BCUT2D eigenvalue weighted by molar-refractivity contribution is -0.137. The molecule has 0 N–H and O–H groups in total. The summed E-state index contributed by atoms with van der Waals surface area (Å²) in [5, 5.41) is -0.345. The number of rotatable bonds is 4. The lowest BCUT2D eigenvalue weighted by Crippen LogP contribution is -2.19. The van der Waals surface area contributed by atoms with E-state index < -0.39 is 23.1 Å². The van der Waals surface area contributed by atoms with Gasteiger partial charge in [0.1, 0.15) is 10.8 Å². The first kappa shape index (κ1) is 13.4. The van der Waals surface area contributed by atoms with Gasteiger partial charge in [0, 0.05) is 0 Å². The molecule has 1 rings (SSSR count). The zero-order valence-electron chi connectivity index (χ0n) is 9.25. The van der Waals surface area contributed by atoms with E-state index in [4.69, 9.17) is 16.3 Å². The van der Waals surface area contributed by atoms with Gasteiger partial charge >= 0.3 is 5.97 Å². The number of benzene rings is 1. The van der Waals surface area contributed by atoms with E-state index >= 15 is 0 Å². The maximum atomic E-state index is 13.7. The lowest BCUT2D eigenvalue weighted by Gasteiger charge is -2.07. The molecule has 0 aromatic heterocycles. The summed E-state index contributed by atoms with van der Waals surface area (Å²) in [5.74, 6) is -3.10. The number of methoxy groups -OCH3 is 1. The Bertz CT molecular complexity index is 459. The van der Waals surface area contributed by atoms with Crippen LogP contribution in [0.5, 0.6) is 5.75 Å². The maximum Gasteiger partial charge on any atom is 0.379 e. The number of carbonyl (C=O) groups excluding carboxylic acids is 2. The summed E-state index contributed by atoms with van der Waals surface area (Å²) in [7, 11) is 1.31. The molecule has 0 aliphatic rings. The van der Waals surface area contributed by atoms with E-state index in [1.54, 1.807) is 6.92 Å². The number of esters is 1. The van der Waals surface area contributed by atoms with Crippen LogP contribution >= 0.6 is 11.6 Å². The first-order chi connectivity index (χ1) is 8.02. The lowest BCUT2D eigenvalue weighted by atomic mass is 10.1. The molecule has 1 aromatic rings. The first-order valence-electron chi connectivity index (χ1n) is 4.76. The Morgan fingerprint density at radius 3 is 2.59 bits per heavy atom. The monoisotopic (exact) mass is 260 g/mol. The van der Waals surface area contributed by atoms with Crippen LogP contribution in [0.4, 0.5) is 4.39 Å². The average molecular weight is 261 g/mol. The van der Waals surface area contributed by atoms with Crippen molar-refractivity contribution in [2.24, 2.45) is 0 Å². The number of carbonyl (C=O) groups is 2. The quantitative estimate of drug-likeness (QED) is 0.473. The van der Waals surface area contributed by atoms with Crippen molar-refractivity contribution in [3.8, 4) is 5.75 Å². The molecule has 1 aromatic carbocycles. The van der Waals surface area contributed by atoms with Crippen molar-refractivity contribution in [3.05, 3.63) is 28.5 Å². The Morgan fingerprint density at radius 1 is 1.41 bits per heavy atom. The van der Waals surface area contributed by atoms with Gasteiger partial charge in [-0.3, -0.25) is 4.79 Å². The van der Waals surface area contributed by atoms with Gasteiger partial charge in [-0.15, -0.1) is 0 Å². The molecule has 0 radical (unpaired) electrons. The minimum absolute atomic E-state index is 0.0378. The van der Waals surface area contributed by atoms with Gasteiger partial charge in [-0.25, -0.2) is 9.18 Å². The second kappa shape index (κ2) is 5.63. The maximum absolute atomic E-state index is 13.7. The number of Topliss-reactive ketones (excluding diaryl/α,β-unsaturated/α-hetero) is 1. The van der Waals surface area contributed by atoms with Gasteiger partial charge in [0.15, 0.2) is 5.82 Å². The molecule has 0 fully saturated rings. The van der Waals surface area contributed by atoms with Crippen LogP contribution in [0.3, 0.4) is 0 Å². The third-order valence-electron chi connectivity index (χ3n) is 1.97. The molecule has 0 bridgehead atoms. The van der Waals surface area contributed by atoms with E-state index in [9.17, 15) is 14.0 Å². The van der Waals surface area contributed by atoms with E-state index in [-0.39, 0.29) is 17.4 Å². The smallest absolute Gasteiger partial charge is 0.379 e. The summed E-state index contributed by atoms with van der Waals surface area (Å²) in [6, 6.07) is 2.43. The van der Waals surface area contributed by atoms with Crippen molar-refractivity contribution >= 4 is 23.4 Å². The van der Waals surface area contributed by atoms with E-state index in [1.807, 2.05) is 0 Å². The average Bonchev–Trinajstić information content (AvgIpc) is 2.32. The molecule has 6 heteroatoms. The molecule has 0 aliphatic carbocycles. The van der Waals surface area contributed by atoms with Crippen LogP contribution in [0.25, 0.3) is 0 Å². The van der Waals surface area contributed by atoms with Crippen molar-refractivity contribution in [3.63, 3.8) is 0 Å². The van der Waals surface area contributed by atoms with Crippen molar-refractivity contribution in [1.29, 1.82) is 0 Å². The second-order valence-corrected chi connectivity index (χ2v) is 3.37. The third kappa shape index (κ3) is 2.74. The summed E-state index contributed by atoms with van der Waals surface area (Å²) in [5.41, 5.74) is -0.436. The van der Waals surface area contributed by atoms with Gasteiger partial charge in [-0.1, -0.05) is 11.6 Å². The molecule has 0 saturated carbocycles. The van der Waals surface area contributed by atoms with Crippen LogP contribution in [0.1, 0.15) is 17.3 Å². The predicted octanol–water partition coefficient (Wildman–Crippen LogP) is 2.23. The Hall–Kier alpha value is -1.62. The van der Waals surface area contributed by atoms with Crippen molar-refractivity contribution in [2.45, 2.75) is 6.92 Å². The largest absolute Gasteiger partial charge is 0.495 e. The Kier molecular flexibility index (Phi) is 4.45. The van der Waals surface area contributed by atoms with Crippen LogP contribution in [-0.2, 0) is 9.53 Å². The number of ketones is 1. The number of halogens is 2. The van der Waals surface area contributed by atoms with Gasteiger partial charge in [0.05, 0.1) is 19.3 Å². The van der Waals surface area contributed by atoms with Crippen molar-refractivity contribution < 1.29 is 23.5 Å². The standard InChI is InChI=1S/C11H10ClFO4/c1-3-17-11(15)10(14)6-4-5-7(16-2)8(12)9(6)13/h4-5H,3H2,1-2H3. The summed E-state index contributed by atoms with van der Waals surface area (Å²) in [6.07, 6.45) is 0. The highest BCUT2D eigenvalue weighted by Crippen LogP contribution is 2.29.